The van der Waals surface area contributed by atoms with Crippen molar-refractivity contribution in [1.82, 2.24) is 62.6 Å². The Kier molecular flexibility index (Phi) is 40.4. The molecule has 17 atom stereocenters. The maximum absolute atomic E-state index is 15.4. The summed E-state index contributed by atoms with van der Waals surface area (Å²) in [4.78, 5) is 210. The summed E-state index contributed by atoms with van der Waals surface area (Å²) < 4.78 is 29.9. The summed E-state index contributed by atoms with van der Waals surface area (Å²) in [5, 5.41) is 68.4. The van der Waals surface area contributed by atoms with Crippen LogP contribution in [-0.2, 0) is 107 Å². The number of methoxy groups -OCH3 is 2. The maximum atomic E-state index is 15.4. The van der Waals surface area contributed by atoms with E-state index in [1.807, 2.05) is 31.2 Å². The van der Waals surface area contributed by atoms with Gasteiger partial charge in [-0.25, -0.2) is 9.59 Å². The summed E-state index contributed by atoms with van der Waals surface area (Å²) in [6.07, 6.45) is -2.75. The molecule has 3 saturated heterocycles. The summed E-state index contributed by atoms with van der Waals surface area (Å²) in [5.41, 5.74) is 6.91. The van der Waals surface area contributed by atoms with E-state index in [0.29, 0.717) is 77.6 Å². The number of halogens is 1. The molecule has 0 radical (unpaired) electrons. The van der Waals surface area contributed by atoms with Gasteiger partial charge in [0.2, 0.25) is 70.9 Å². The number of esters is 1. The summed E-state index contributed by atoms with van der Waals surface area (Å²) in [6.45, 7) is 10.2. The Morgan fingerprint density at radius 2 is 1.41 bits per heavy atom. The van der Waals surface area contributed by atoms with Crippen LogP contribution in [0, 0.1) is 11.8 Å². The van der Waals surface area contributed by atoms with E-state index in [1.54, 1.807) is 106 Å². The number of nitrogens with zero attached hydrogens (tertiary/aromatic N) is 3. The van der Waals surface area contributed by atoms with Gasteiger partial charge in [0.1, 0.15) is 83.0 Å². The number of fused-ring (bicyclic) bond motifs is 5. The average Bonchev–Trinajstić information content (AvgIpc) is 1.26. The molecule has 37 nitrogen and oxygen atoms in total. The molecule has 0 spiro atoms. The monoisotopic (exact) mass is 1980 g/mol. The number of nitrogens with one attached hydrogen (secondary N) is 10. The first kappa shape index (κ1) is 109. The lowest BCUT2D eigenvalue weighted by molar-refractivity contribution is -0.207. The van der Waals surface area contributed by atoms with Gasteiger partial charge < -0.3 is 107 Å². The molecular formula is C96H131ClN14O23S3. The molecule has 41 heteroatoms. The number of thioether (sulfide) groups is 1. The van der Waals surface area contributed by atoms with Gasteiger partial charge in [0.15, 0.2) is 5.72 Å². The van der Waals surface area contributed by atoms with Crippen LogP contribution in [0.1, 0.15) is 154 Å². The molecule has 5 heterocycles. The van der Waals surface area contributed by atoms with Crippen LogP contribution in [0.25, 0.3) is 10.9 Å². The van der Waals surface area contributed by atoms with Gasteiger partial charge >= 0.3 is 12.1 Å². The maximum Gasteiger partial charge on any atom is 0.409 e. The quantitative estimate of drug-likeness (QED) is 0.00985. The van der Waals surface area contributed by atoms with Gasteiger partial charge in [-0.15, -0.1) is 11.8 Å². The van der Waals surface area contributed by atoms with Crippen LogP contribution in [0.3, 0.4) is 0 Å². The second kappa shape index (κ2) is 51.0. The van der Waals surface area contributed by atoms with Crippen LogP contribution in [0.4, 0.5) is 10.5 Å². The third-order valence-electron chi connectivity index (χ3n) is 25.7. The third-order valence-corrected chi connectivity index (χ3v) is 29.7. The molecular weight excluding hydrogens is 1850 g/mol. The molecule has 13 amide bonds. The zero-order valence-electron chi connectivity index (χ0n) is 79.1. The van der Waals surface area contributed by atoms with Gasteiger partial charge in [-0.05, 0) is 166 Å². The Labute approximate surface area is 814 Å². The number of likely N-dealkylation sites (tertiary alicyclic amines) is 1. The fourth-order valence-corrected chi connectivity index (χ4v) is 21.0. The van der Waals surface area contributed by atoms with Crippen LogP contribution >= 0.6 is 45.0 Å². The minimum Gasteiger partial charge on any atom is -0.495 e. The fraction of sp³-hybridized carbons (Fsp3) is 0.562. The van der Waals surface area contributed by atoms with E-state index in [4.69, 9.17) is 41.0 Å². The van der Waals surface area contributed by atoms with Crippen molar-refractivity contribution in [2.24, 2.45) is 17.6 Å². The van der Waals surface area contributed by atoms with E-state index in [0.717, 1.165) is 44.5 Å². The second-order valence-corrected chi connectivity index (χ2v) is 40.6. The smallest absolute Gasteiger partial charge is 0.409 e. The molecule has 137 heavy (non-hydrogen) atoms. The highest BCUT2D eigenvalue weighted by Crippen LogP contribution is 2.40. The molecule has 1 unspecified atom stereocenters. The van der Waals surface area contributed by atoms with Crippen LogP contribution in [-0.4, -0.2) is 291 Å². The number of ether oxygens (including phenoxy) is 5. The van der Waals surface area contributed by atoms with Gasteiger partial charge in [-0.1, -0.05) is 124 Å². The van der Waals surface area contributed by atoms with Crippen molar-refractivity contribution < 1.29 is 111 Å². The Morgan fingerprint density at radius 1 is 0.759 bits per heavy atom. The van der Waals surface area contributed by atoms with E-state index in [-0.39, 0.29) is 105 Å². The Morgan fingerprint density at radius 3 is 2.07 bits per heavy atom. The molecule has 5 aliphatic rings. The molecule has 4 fully saturated rings. The van der Waals surface area contributed by atoms with Gasteiger partial charge in [0.05, 0.1) is 55.4 Å². The Hall–Kier alpha value is -10.4. The number of aliphatic hydroxyl groups is 4. The van der Waals surface area contributed by atoms with Crippen molar-refractivity contribution in [1.29, 1.82) is 0 Å². The van der Waals surface area contributed by atoms with Gasteiger partial charge in [-0.3, -0.25) is 67.8 Å². The van der Waals surface area contributed by atoms with E-state index >= 15 is 19.2 Å². The number of nitrogens with two attached hydrogens (primary N) is 1. The first-order valence-corrected chi connectivity index (χ1v) is 50.2. The van der Waals surface area contributed by atoms with Gasteiger partial charge in [0.25, 0.3) is 0 Å². The lowest BCUT2D eigenvalue weighted by Crippen LogP contribution is -2.64. The number of anilines is 1. The van der Waals surface area contributed by atoms with Crippen molar-refractivity contribution in [3.05, 3.63) is 142 Å². The number of amides is 13. The lowest BCUT2D eigenvalue weighted by Gasteiger charge is -2.44. The largest absolute Gasteiger partial charge is 0.495 e. The van der Waals surface area contributed by atoms with Crippen LogP contribution < -0.4 is 63.2 Å². The number of carbonyl (C=O) groups is 14. The fourth-order valence-electron chi connectivity index (χ4n) is 17.3. The van der Waals surface area contributed by atoms with Gasteiger partial charge in [0, 0.05) is 107 Å². The number of aromatic nitrogens is 1. The molecule has 4 bridgehead atoms. The number of unbranched alkanes of at least 4 members (excludes halogenated alkanes) is 1. The summed E-state index contributed by atoms with van der Waals surface area (Å²) in [6, 6.07) is 15.1. The molecule has 1 aliphatic carbocycles. The van der Waals surface area contributed by atoms with Crippen molar-refractivity contribution in [2.75, 3.05) is 70.2 Å². The topological polar surface area (TPSA) is 526 Å². The molecule has 10 rings (SSSR count). The van der Waals surface area contributed by atoms with Crippen molar-refractivity contribution >= 4 is 144 Å². The first-order valence-electron chi connectivity index (χ1n) is 46.3. The van der Waals surface area contributed by atoms with Crippen LogP contribution in [0.5, 0.6) is 5.75 Å². The number of carbonyl (C=O) groups excluding carboxylic acids is 14. The summed E-state index contributed by atoms with van der Waals surface area (Å²) in [7, 11) is 7.70. The summed E-state index contributed by atoms with van der Waals surface area (Å²) in [5.74, 6) is -10.9. The number of imide groups is 1. The molecule has 5 aromatic rings. The molecule has 16 N–H and O–H groups in total. The number of para-hydroxylation sites is 1. The van der Waals surface area contributed by atoms with Crippen molar-refractivity contribution in [3.63, 3.8) is 0 Å². The minimum atomic E-state index is -1.90. The van der Waals surface area contributed by atoms with Gasteiger partial charge in [-0.2, -0.15) is 0 Å². The summed E-state index contributed by atoms with van der Waals surface area (Å²) >= 11 is 8.02. The highest BCUT2D eigenvalue weighted by Gasteiger charge is 2.50. The molecule has 4 aromatic carbocycles. The van der Waals surface area contributed by atoms with E-state index in [1.165, 1.54) is 63.8 Å². The number of benzene rings is 4. The predicted molar refractivity (Wildman–Crippen MR) is 517 cm³/mol. The SMILES string of the molecule is COc1cc2cc(c1Cl)N(C)C(=O)C[C@H](OC(=O)[C@H](C)N(C)C(=O)CCSC1CC(=O)N(CC3CCC(C(=O)N[C@H](Cc4ccccc4)C(=O)N[C@H]4CSSC[C@@H](C(=O)N[C@H](CO)[C@@H](C)O)NC(=O)[C@H]([C@@H](C)O)NC(=O)[C@H](CCCCN)NC(=O)[C@@H](Cc5c[nH]c6ccccc56)NC(=O)[C@H](Cc5ccccc5)NC4=O)CC3)C1=O)C(C)(C)O[C@H](C)[C@@H]1C[C@@](O)(NC(=O)O1)[C@H](OC)CC/C=C(\C)C2. The molecule has 748 valence electrons. The molecule has 1 saturated carbocycles. The zero-order valence-corrected chi connectivity index (χ0v) is 82.3. The Bertz CT molecular complexity index is 5090. The van der Waals surface area contributed by atoms with Crippen molar-refractivity contribution in [3.8, 4) is 5.75 Å². The number of allylic oxidation sites excluding steroid dienone is 2. The number of aromatic amines is 1. The van der Waals surface area contributed by atoms with Crippen LogP contribution in [0.15, 0.2) is 115 Å². The standard InChI is InChI=1S/C96H131ClN14O23S3/c1-53-23-22-31-77(131-11)96(129)47-75(132-94(128)108-96)57(5)134-95(6,7)78(46-80(116)110(9)73-42-61(39-53)43-74(130-10)82(73)97)133-93(127)54(2)109(8)79(115)36-38-135-76-45-81(117)111(92(76)126)49-60-32-34-62(35-33-60)84(118)101-67(40-58-24-14-12-15-25-58)87(121)105-71-51-136-137-52-72(90(124)104-70(50-112)55(3)113)106-91(125)83(56(4)114)107-85(119)66(30-20-21-37-98)100-88(122)69(44-63-48-99-65-29-19-18-28-64(63)65)103-86(120)68(102-89(71)123)41-59-26-16-13-17-27-59/h12-19,23-29,42-43,48,54-57,60,62,66-72,75-78,83,99,112-114,129H,20-22,30-41,44-47,49-52,98H2,1-11H3,(H,100,122)(H,101,118)(H,102,123)(H,103,120)(H,104,124)(H,105,121)(H,106,125)(H,107,119)(H,108,128)/b53-23+/t54-,55+,56+,57+,60?,62?,66-,67+,68-,69+,70+,71-,72-,75-,76?,77+,78-,83-,96-/m0/s1. The number of alkyl carbamates (subject to hydrolysis) is 1. The highest BCUT2D eigenvalue weighted by molar-refractivity contribution is 8.76. The Balaban J connectivity index is 0.809. The zero-order chi connectivity index (χ0) is 99.7. The number of likely N-dealkylation sites (N-methyl/N-ethyl adjacent to an activating group) is 1. The molecule has 4 aliphatic heterocycles. The molecule has 1 aromatic heterocycles. The third kappa shape index (κ3) is 30.1. The minimum absolute atomic E-state index is 0.0367. The number of hydrogen-bond acceptors (Lipinski definition) is 27. The number of H-pyrrole nitrogens is 1. The number of aliphatic hydroxyl groups excluding tert-OH is 3. The van der Waals surface area contributed by atoms with Crippen molar-refractivity contribution in [2.45, 2.75) is 265 Å². The lowest BCUT2D eigenvalue weighted by atomic mass is 9.81. The van der Waals surface area contributed by atoms with E-state index in [9.17, 15) is 68.4 Å². The van der Waals surface area contributed by atoms with Crippen LogP contribution in [0.2, 0.25) is 5.02 Å². The van der Waals surface area contributed by atoms with E-state index < -0.39 is 209 Å². The predicted octanol–water partition coefficient (Wildman–Crippen LogP) is 4.55. The number of hydrogen-bond donors (Lipinski definition) is 15. The first-order chi connectivity index (χ1) is 65.2. The normalized spacial score (nSPS) is 26.4. The number of rotatable bonds is 30. The highest BCUT2D eigenvalue weighted by atomic mass is 35.5. The second-order valence-electron chi connectivity index (χ2n) is 36.3. The van der Waals surface area contributed by atoms with E-state index in [2.05, 4.69) is 52.8 Å². The average molecular weight is 1980 g/mol.